The van der Waals surface area contributed by atoms with Crippen molar-refractivity contribution in [2.45, 2.75) is 25.9 Å². The van der Waals surface area contributed by atoms with Crippen LogP contribution in [0.1, 0.15) is 19.8 Å². The van der Waals surface area contributed by atoms with Gasteiger partial charge >= 0.3 is 5.97 Å². The van der Waals surface area contributed by atoms with Crippen LogP contribution in [-0.4, -0.2) is 25.8 Å². The van der Waals surface area contributed by atoms with E-state index in [9.17, 15) is 4.79 Å². The zero-order valence-electron chi connectivity index (χ0n) is 7.50. The summed E-state index contributed by atoms with van der Waals surface area (Å²) >= 11 is 0. The summed E-state index contributed by atoms with van der Waals surface area (Å²) in [5.74, 6) is -0.273. The number of hydrogen-bond acceptors (Lipinski definition) is 3. The van der Waals surface area contributed by atoms with Crippen LogP contribution in [0.5, 0.6) is 0 Å². The third-order valence-corrected chi connectivity index (χ3v) is 1.91. The topological polar surface area (TPSA) is 35.5 Å². The quantitative estimate of drug-likeness (QED) is 0.462. The molecule has 0 bridgehead atoms. The van der Waals surface area contributed by atoms with E-state index in [1.807, 2.05) is 6.08 Å². The van der Waals surface area contributed by atoms with Gasteiger partial charge in [0.2, 0.25) is 0 Å². The van der Waals surface area contributed by atoms with Gasteiger partial charge in [0.25, 0.3) is 0 Å². The zero-order chi connectivity index (χ0) is 8.97. The Morgan fingerprint density at radius 2 is 2.42 bits per heavy atom. The predicted molar refractivity (Wildman–Crippen MR) is 44.7 cm³/mol. The Bertz CT molecular complexity index is 190. The molecule has 1 aliphatic rings. The third-order valence-electron chi connectivity index (χ3n) is 1.91. The van der Waals surface area contributed by atoms with Crippen LogP contribution < -0.4 is 0 Å². The molecule has 0 unspecified atom stereocenters. The number of rotatable bonds is 2. The Balaban J connectivity index is 2.48. The van der Waals surface area contributed by atoms with Gasteiger partial charge in [0, 0.05) is 12.2 Å². The number of esters is 1. The van der Waals surface area contributed by atoms with Gasteiger partial charge in [-0.3, -0.25) is 0 Å². The molecule has 3 nitrogen and oxygen atoms in total. The van der Waals surface area contributed by atoms with Crippen molar-refractivity contribution in [2.24, 2.45) is 0 Å². The summed E-state index contributed by atoms with van der Waals surface area (Å²) in [5.41, 5.74) is 0.629. The first kappa shape index (κ1) is 9.26. The molecule has 0 spiro atoms. The van der Waals surface area contributed by atoms with Crippen molar-refractivity contribution in [2.75, 3.05) is 13.7 Å². The second-order valence-corrected chi connectivity index (χ2v) is 2.89. The Hall–Kier alpha value is -0.830. The lowest BCUT2D eigenvalue weighted by molar-refractivity contribution is -0.136. The van der Waals surface area contributed by atoms with Crippen molar-refractivity contribution in [1.82, 2.24) is 0 Å². The van der Waals surface area contributed by atoms with E-state index in [4.69, 9.17) is 4.74 Å². The van der Waals surface area contributed by atoms with Crippen LogP contribution in [-0.2, 0) is 14.3 Å². The maximum atomic E-state index is 11.0. The Kier molecular flexibility index (Phi) is 3.29. The van der Waals surface area contributed by atoms with Gasteiger partial charge in [0.15, 0.2) is 0 Å². The molecule has 1 heterocycles. The minimum Gasteiger partial charge on any atom is -0.466 e. The summed E-state index contributed by atoms with van der Waals surface area (Å²) in [6, 6.07) is 0. The number of methoxy groups -OCH3 is 1. The molecule has 0 radical (unpaired) electrons. The van der Waals surface area contributed by atoms with E-state index < -0.39 is 0 Å². The number of ether oxygens (including phenoxy) is 2. The van der Waals surface area contributed by atoms with Crippen LogP contribution in [0.25, 0.3) is 0 Å². The van der Waals surface area contributed by atoms with E-state index in [0.29, 0.717) is 5.57 Å². The molecule has 1 aliphatic heterocycles. The summed E-state index contributed by atoms with van der Waals surface area (Å²) in [5, 5.41) is 0. The van der Waals surface area contributed by atoms with Crippen molar-refractivity contribution < 1.29 is 14.3 Å². The minimum atomic E-state index is -0.273. The molecule has 0 amide bonds. The summed E-state index contributed by atoms with van der Waals surface area (Å²) in [6.45, 7) is 2.54. The second-order valence-electron chi connectivity index (χ2n) is 2.89. The summed E-state index contributed by atoms with van der Waals surface area (Å²) < 4.78 is 9.89. The molecule has 3 heteroatoms. The average Bonchev–Trinajstić information content (AvgIpc) is 2.55. The largest absolute Gasteiger partial charge is 0.466 e. The lowest BCUT2D eigenvalue weighted by Gasteiger charge is -2.04. The van der Waals surface area contributed by atoms with Crippen LogP contribution in [0.2, 0.25) is 0 Å². The lowest BCUT2D eigenvalue weighted by atomic mass is 10.2. The molecule has 0 aromatic heterocycles. The number of carbonyl (C=O) groups excluding carboxylic acids is 1. The smallest absolute Gasteiger partial charge is 0.333 e. The van der Waals surface area contributed by atoms with E-state index in [1.165, 1.54) is 7.11 Å². The van der Waals surface area contributed by atoms with E-state index in [1.54, 1.807) is 6.92 Å². The van der Waals surface area contributed by atoms with Gasteiger partial charge in [-0.15, -0.1) is 0 Å². The summed E-state index contributed by atoms with van der Waals surface area (Å²) in [6.07, 6.45) is 4.03. The molecule has 1 rings (SSSR count). The van der Waals surface area contributed by atoms with Crippen LogP contribution in [0, 0.1) is 0 Å². The van der Waals surface area contributed by atoms with E-state index in [2.05, 4.69) is 4.74 Å². The first-order valence-electron chi connectivity index (χ1n) is 4.12. The van der Waals surface area contributed by atoms with Crippen molar-refractivity contribution >= 4 is 5.97 Å². The highest BCUT2D eigenvalue weighted by Gasteiger charge is 2.14. The van der Waals surface area contributed by atoms with Crippen molar-refractivity contribution in [3.8, 4) is 0 Å². The number of carbonyl (C=O) groups is 1. The van der Waals surface area contributed by atoms with E-state index in [0.717, 1.165) is 19.4 Å². The van der Waals surface area contributed by atoms with Gasteiger partial charge in [-0.2, -0.15) is 0 Å². The van der Waals surface area contributed by atoms with Gasteiger partial charge in [-0.25, -0.2) is 4.79 Å². The van der Waals surface area contributed by atoms with Gasteiger partial charge in [-0.1, -0.05) is 0 Å². The molecule has 0 aromatic rings. The molecular formula is C9H14O3. The first-order chi connectivity index (χ1) is 5.74. The molecule has 0 aromatic carbocycles. The Morgan fingerprint density at radius 3 is 2.92 bits per heavy atom. The lowest BCUT2D eigenvalue weighted by Crippen LogP contribution is -2.07. The molecule has 1 atom stereocenters. The molecule has 0 aliphatic carbocycles. The fourth-order valence-electron chi connectivity index (χ4n) is 1.24. The molecule has 0 N–H and O–H groups in total. The predicted octanol–water partition coefficient (Wildman–Crippen LogP) is 1.28. The van der Waals surface area contributed by atoms with Gasteiger partial charge in [-0.05, 0) is 25.8 Å². The van der Waals surface area contributed by atoms with Crippen molar-refractivity contribution in [1.29, 1.82) is 0 Å². The third kappa shape index (κ3) is 2.34. The molecule has 68 valence electrons. The van der Waals surface area contributed by atoms with Crippen LogP contribution in [0.3, 0.4) is 0 Å². The van der Waals surface area contributed by atoms with Gasteiger partial charge in [0.05, 0.1) is 13.2 Å². The van der Waals surface area contributed by atoms with E-state index >= 15 is 0 Å². The molecule has 12 heavy (non-hydrogen) atoms. The SMILES string of the molecule is COC(=O)/C(C)=C\[C@@H]1CCCO1. The summed E-state index contributed by atoms with van der Waals surface area (Å²) in [7, 11) is 1.38. The van der Waals surface area contributed by atoms with Crippen LogP contribution >= 0.6 is 0 Å². The molecular weight excluding hydrogens is 156 g/mol. The van der Waals surface area contributed by atoms with Crippen LogP contribution in [0.4, 0.5) is 0 Å². The number of hydrogen-bond donors (Lipinski definition) is 0. The molecule has 1 fully saturated rings. The van der Waals surface area contributed by atoms with E-state index in [-0.39, 0.29) is 12.1 Å². The first-order valence-corrected chi connectivity index (χ1v) is 4.12. The Labute approximate surface area is 72.4 Å². The van der Waals surface area contributed by atoms with Crippen molar-refractivity contribution in [3.63, 3.8) is 0 Å². The Morgan fingerprint density at radius 1 is 1.67 bits per heavy atom. The zero-order valence-corrected chi connectivity index (χ0v) is 7.50. The van der Waals surface area contributed by atoms with Gasteiger partial charge in [0.1, 0.15) is 0 Å². The standard InChI is InChI=1S/C9H14O3/c1-7(9(10)11-2)6-8-4-3-5-12-8/h6,8H,3-5H2,1-2H3/b7-6-/t8-/m0/s1. The maximum absolute atomic E-state index is 11.0. The molecule has 0 saturated carbocycles. The summed E-state index contributed by atoms with van der Waals surface area (Å²) in [4.78, 5) is 11.0. The monoisotopic (exact) mass is 170 g/mol. The highest BCUT2D eigenvalue weighted by atomic mass is 16.5. The van der Waals surface area contributed by atoms with Crippen LogP contribution in [0.15, 0.2) is 11.6 Å². The highest BCUT2D eigenvalue weighted by molar-refractivity contribution is 5.87. The normalized spacial score (nSPS) is 24.2. The maximum Gasteiger partial charge on any atom is 0.333 e. The fourth-order valence-corrected chi connectivity index (χ4v) is 1.24. The average molecular weight is 170 g/mol. The second kappa shape index (κ2) is 4.26. The highest BCUT2D eigenvalue weighted by Crippen LogP contribution is 2.14. The minimum absolute atomic E-state index is 0.115. The fraction of sp³-hybridized carbons (Fsp3) is 0.667. The van der Waals surface area contributed by atoms with Gasteiger partial charge < -0.3 is 9.47 Å². The van der Waals surface area contributed by atoms with Crippen molar-refractivity contribution in [3.05, 3.63) is 11.6 Å². The molecule has 1 saturated heterocycles.